The maximum Gasteiger partial charge on any atom is 0.166 e. The van der Waals surface area contributed by atoms with E-state index in [0.29, 0.717) is 23.2 Å². The Bertz CT molecular complexity index is 1040. The molecule has 1 aliphatic rings. The average Bonchev–Trinajstić information content (AvgIpc) is 3.24. The van der Waals surface area contributed by atoms with Crippen molar-refractivity contribution in [1.29, 1.82) is 0 Å². The molecule has 2 aromatic heterocycles. The van der Waals surface area contributed by atoms with Gasteiger partial charge in [0.2, 0.25) is 0 Å². The highest BCUT2D eigenvalue weighted by molar-refractivity contribution is 5.66. The number of nitrogen functional groups attached to an aromatic ring is 1. The molecular formula is C23H28FN5O. The van der Waals surface area contributed by atoms with Crippen LogP contribution in [0.5, 0.6) is 5.75 Å². The molecule has 30 heavy (non-hydrogen) atoms. The number of ether oxygens (including phenoxy) is 1. The zero-order valence-corrected chi connectivity index (χ0v) is 17.7. The molecule has 1 unspecified atom stereocenters. The number of benzene rings is 1. The van der Waals surface area contributed by atoms with E-state index in [0.717, 1.165) is 48.2 Å². The fourth-order valence-corrected chi connectivity index (χ4v) is 4.18. The summed E-state index contributed by atoms with van der Waals surface area (Å²) in [6.07, 6.45) is 7.41. The molecule has 0 amide bonds. The molecule has 1 aromatic carbocycles. The first kappa shape index (κ1) is 20.3. The van der Waals surface area contributed by atoms with Crippen LogP contribution in [0.25, 0.3) is 11.1 Å². The monoisotopic (exact) mass is 409 g/mol. The van der Waals surface area contributed by atoms with Crippen LogP contribution < -0.4 is 15.8 Å². The van der Waals surface area contributed by atoms with E-state index in [2.05, 4.69) is 21.6 Å². The van der Waals surface area contributed by atoms with Crippen LogP contribution in [-0.2, 0) is 0 Å². The number of nitrogens with zero attached hydrogens (tertiary/aromatic N) is 3. The molecule has 3 N–H and O–H groups in total. The van der Waals surface area contributed by atoms with E-state index >= 15 is 0 Å². The predicted molar refractivity (Wildman–Crippen MR) is 116 cm³/mol. The van der Waals surface area contributed by atoms with E-state index in [-0.39, 0.29) is 11.9 Å². The second kappa shape index (κ2) is 8.44. The normalized spacial score (nSPS) is 15.9. The third-order valence-corrected chi connectivity index (χ3v) is 5.88. The lowest BCUT2D eigenvalue weighted by atomic mass is 9.98. The van der Waals surface area contributed by atoms with Gasteiger partial charge in [-0.15, -0.1) is 0 Å². The summed E-state index contributed by atoms with van der Waals surface area (Å²) in [7, 11) is 0. The summed E-state index contributed by atoms with van der Waals surface area (Å²) in [5, 5.41) is 7.93. The molecule has 0 aliphatic carbocycles. The SMILES string of the molecule is Cc1ccc(F)c(C)c1C(C)Oc1cc(-c2cnn(C3CCNCC3)c2)cnc1N. The van der Waals surface area contributed by atoms with Crippen molar-refractivity contribution in [2.24, 2.45) is 0 Å². The largest absolute Gasteiger partial charge is 0.482 e. The Morgan fingerprint density at radius 1 is 1.20 bits per heavy atom. The van der Waals surface area contributed by atoms with Gasteiger partial charge in [0.15, 0.2) is 11.6 Å². The molecule has 3 aromatic rings. The second-order valence-corrected chi connectivity index (χ2v) is 7.96. The molecule has 7 heteroatoms. The summed E-state index contributed by atoms with van der Waals surface area (Å²) in [5.41, 5.74) is 10.3. The van der Waals surface area contributed by atoms with Crippen LogP contribution in [0, 0.1) is 19.7 Å². The van der Waals surface area contributed by atoms with Gasteiger partial charge in [0, 0.05) is 29.1 Å². The van der Waals surface area contributed by atoms with Crippen molar-refractivity contribution in [2.45, 2.75) is 45.8 Å². The Morgan fingerprint density at radius 3 is 2.73 bits per heavy atom. The van der Waals surface area contributed by atoms with Crippen molar-refractivity contribution in [3.05, 3.63) is 59.3 Å². The molecule has 0 saturated carbocycles. The van der Waals surface area contributed by atoms with Gasteiger partial charge in [0.1, 0.15) is 11.9 Å². The van der Waals surface area contributed by atoms with Crippen LogP contribution in [0.2, 0.25) is 0 Å². The molecule has 1 atom stereocenters. The topological polar surface area (TPSA) is 78.0 Å². The number of hydrogen-bond acceptors (Lipinski definition) is 5. The molecule has 1 fully saturated rings. The number of hydrogen-bond donors (Lipinski definition) is 2. The van der Waals surface area contributed by atoms with E-state index in [1.54, 1.807) is 19.2 Å². The minimum atomic E-state index is -0.363. The summed E-state index contributed by atoms with van der Waals surface area (Å²) in [6, 6.07) is 5.55. The van der Waals surface area contributed by atoms with Gasteiger partial charge in [-0.05, 0) is 70.0 Å². The Balaban J connectivity index is 1.58. The molecule has 3 heterocycles. The standard InChI is InChI=1S/C23H28FN5O/c1-14-4-5-20(24)15(2)22(14)16(3)30-21-10-17(11-27-23(21)25)18-12-28-29(13-18)19-6-8-26-9-7-19/h4-5,10-13,16,19,26H,6-9H2,1-3H3,(H2,25,27). The van der Waals surface area contributed by atoms with Gasteiger partial charge in [-0.1, -0.05) is 6.07 Å². The van der Waals surface area contributed by atoms with Gasteiger partial charge in [-0.25, -0.2) is 9.37 Å². The number of nitrogens with two attached hydrogens (primary N) is 1. The molecule has 0 spiro atoms. The van der Waals surface area contributed by atoms with Crippen molar-refractivity contribution in [3.8, 4) is 16.9 Å². The number of nitrogens with one attached hydrogen (secondary N) is 1. The molecular weight excluding hydrogens is 381 g/mol. The van der Waals surface area contributed by atoms with Gasteiger partial charge in [-0.3, -0.25) is 4.68 Å². The van der Waals surface area contributed by atoms with Crippen molar-refractivity contribution >= 4 is 5.82 Å². The van der Waals surface area contributed by atoms with Gasteiger partial charge in [0.05, 0.1) is 12.2 Å². The van der Waals surface area contributed by atoms with Crippen molar-refractivity contribution in [2.75, 3.05) is 18.8 Å². The molecule has 0 bridgehead atoms. The highest BCUT2D eigenvalue weighted by Gasteiger charge is 2.19. The maximum absolute atomic E-state index is 14.1. The molecule has 6 nitrogen and oxygen atoms in total. The first-order chi connectivity index (χ1) is 14.4. The summed E-state index contributed by atoms with van der Waals surface area (Å²) >= 11 is 0. The fourth-order valence-electron chi connectivity index (χ4n) is 4.18. The first-order valence-corrected chi connectivity index (χ1v) is 10.4. The zero-order chi connectivity index (χ0) is 21.3. The predicted octanol–water partition coefficient (Wildman–Crippen LogP) is 4.35. The van der Waals surface area contributed by atoms with Crippen LogP contribution in [-0.4, -0.2) is 27.9 Å². The highest BCUT2D eigenvalue weighted by atomic mass is 19.1. The molecule has 158 valence electrons. The zero-order valence-electron chi connectivity index (χ0n) is 17.7. The average molecular weight is 410 g/mol. The second-order valence-electron chi connectivity index (χ2n) is 7.96. The first-order valence-electron chi connectivity index (χ1n) is 10.4. The quantitative estimate of drug-likeness (QED) is 0.655. The summed E-state index contributed by atoms with van der Waals surface area (Å²) in [5.74, 6) is 0.553. The summed E-state index contributed by atoms with van der Waals surface area (Å²) < 4.78 is 22.3. The van der Waals surface area contributed by atoms with Crippen LogP contribution in [0.15, 0.2) is 36.8 Å². The number of halogens is 1. The summed E-state index contributed by atoms with van der Waals surface area (Å²) in [6.45, 7) is 7.64. The van der Waals surface area contributed by atoms with E-state index in [1.165, 1.54) is 6.07 Å². The molecule has 1 saturated heterocycles. The van der Waals surface area contributed by atoms with Crippen molar-refractivity contribution in [1.82, 2.24) is 20.1 Å². The fraction of sp³-hybridized carbons (Fsp3) is 0.391. The maximum atomic E-state index is 14.1. The lowest BCUT2D eigenvalue weighted by Gasteiger charge is -2.22. The van der Waals surface area contributed by atoms with Crippen molar-refractivity contribution in [3.63, 3.8) is 0 Å². The van der Waals surface area contributed by atoms with Gasteiger partial charge < -0.3 is 15.8 Å². The Labute approximate surface area is 176 Å². The highest BCUT2D eigenvalue weighted by Crippen LogP contribution is 2.33. The smallest absolute Gasteiger partial charge is 0.166 e. The number of aromatic nitrogens is 3. The molecule has 4 rings (SSSR count). The Kier molecular flexibility index (Phi) is 5.72. The molecule has 0 radical (unpaired) electrons. The molecule has 1 aliphatic heterocycles. The number of aryl methyl sites for hydroxylation is 1. The summed E-state index contributed by atoms with van der Waals surface area (Å²) in [4.78, 5) is 4.32. The van der Waals surface area contributed by atoms with E-state index < -0.39 is 0 Å². The van der Waals surface area contributed by atoms with Crippen LogP contribution in [0.3, 0.4) is 0 Å². The van der Waals surface area contributed by atoms with Crippen LogP contribution in [0.1, 0.15) is 48.6 Å². The van der Waals surface area contributed by atoms with Gasteiger partial charge in [-0.2, -0.15) is 5.10 Å². The number of pyridine rings is 1. The Hall–Kier alpha value is -2.93. The third kappa shape index (κ3) is 4.03. The lowest BCUT2D eigenvalue weighted by Crippen LogP contribution is -2.29. The van der Waals surface area contributed by atoms with Gasteiger partial charge in [0.25, 0.3) is 0 Å². The van der Waals surface area contributed by atoms with Crippen LogP contribution in [0.4, 0.5) is 10.2 Å². The lowest BCUT2D eigenvalue weighted by molar-refractivity contribution is 0.225. The van der Waals surface area contributed by atoms with Gasteiger partial charge >= 0.3 is 0 Å². The Morgan fingerprint density at radius 2 is 1.97 bits per heavy atom. The number of piperidine rings is 1. The van der Waals surface area contributed by atoms with E-state index in [4.69, 9.17) is 10.5 Å². The van der Waals surface area contributed by atoms with Crippen LogP contribution >= 0.6 is 0 Å². The minimum Gasteiger partial charge on any atom is -0.482 e. The number of anilines is 1. The number of rotatable bonds is 5. The van der Waals surface area contributed by atoms with E-state index in [9.17, 15) is 4.39 Å². The van der Waals surface area contributed by atoms with E-state index in [1.807, 2.05) is 30.8 Å². The van der Waals surface area contributed by atoms with Crippen molar-refractivity contribution < 1.29 is 9.13 Å². The minimum absolute atomic E-state index is 0.240. The third-order valence-electron chi connectivity index (χ3n) is 5.88.